The molecule has 92 valence electrons. The fourth-order valence-corrected chi connectivity index (χ4v) is 2.08. The molecular weight excluding hydrogens is 297 g/mol. The average molecular weight is 308 g/mol. The second-order valence-electron chi connectivity index (χ2n) is 3.72. The summed E-state index contributed by atoms with van der Waals surface area (Å²) in [6, 6.07) is 13.3. The van der Waals surface area contributed by atoms with Crippen LogP contribution in [0.15, 0.2) is 48.5 Å². The van der Waals surface area contributed by atoms with Crippen molar-refractivity contribution in [3.8, 4) is 0 Å². The number of alkyl halides is 1. The Balaban J connectivity index is 2.24. The Morgan fingerprint density at radius 3 is 2.50 bits per heavy atom. The second-order valence-corrected chi connectivity index (χ2v) is 4.29. The largest absolute Gasteiger partial charge is 0.322 e. The summed E-state index contributed by atoms with van der Waals surface area (Å²) in [5, 5.41) is 3.34. The first-order valence-electron chi connectivity index (χ1n) is 5.42. The first-order chi connectivity index (χ1) is 8.72. The molecular formula is C14H11BrFNO. The molecule has 1 amide bonds. The summed E-state index contributed by atoms with van der Waals surface area (Å²) in [5.41, 5.74) is 1.67. The number of anilines is 1. The van der Waals surface area contributed by atoms with Crippen molar-refractivity contribution in [1.29, 1.82) is 0 Å². The van der Waals surface area contributed by atoms with Crippen molar-refractivity contribution >= 4 is 27.5 Å². The molecule has 0 aromatic heterocycles. The number of para-hydroxylation sites is 1. The predicted molar refractivity (Wildman–Crippen MR) is 73.4 cm³/mol. The predicted octanol–water partition coefficient (Wildman–Crippen LogP) is 3.97. The molecule has 0 bridgehead atoms. The quantitative estimate of drug-likeness (QED) is 0.854. The van der Waals surface area contributed by atoms with Crippen LogP contribution in [0.3, 0.4) is 0 Å². The standard InChI is InChI=1S/C14H11BrFNO/c15-9-10-5-1-4-8-13(10)17-14(18)11-6-2-3-7-12(11)16/h1-8H,9H2,(H,17,18). The minimum absolute atomic E-state index is 0.0434. The van der Waals surface area contributed by atoms with Crippen LogP contribution in [0.2, 0.25) is 0 Å². The van der Waals surface area contributed by atoms with Crippen LogP contribution < -0.4 is 5.32 Å². The summed E-state index contributed by atoms with van der Waals surface area (Å²) in [5.74, 6) is -0.965. The van der Waals surface area contributed by atoms with Gasteiger partial charge in [0.2, 0.25) is 0 Å². The molecule has 0 saturated heterocycles. The van der Waals surface area contributed by atoms with Gasteiger partial charge < -0.3 is 5.32 Å². The van der Waals surface area contributed by atoms with Crippen LogP contribution in [0.5, 0.6) is 0 Å². The summed E-state index contributed by atoms with van der Waals surface area (Å²) in [4.78, 5) is 11.9. The number of carbonyl (C=O) groups excluding carboxylic acids is 1. The van der Waals surface area contributed by atoms with E-state index < -0.39 is 11.7 Å². The number of rotatable bonds is 3. The van der Waals surface area contributed by atoms with Crippen LogP contribution in [0.4, 0.5) is 10.1 Å². The number of hydrogen-bond donors (Lipinski definition) is 1. The van der Waals surface area contributed by atoms with Gasteiger partial charge in [-0.25, -0.2) is 4.39 Å². The third-order valence-electron chi connectivity index (χ3n) is 2.53. The van der Waals surface area contributed by atoms with Gasteiger partial charge in [-0.3, -0.25) is 4.79 Å². The Hall–Kier alpha value is -1.68. The average Bonchev–Trinajstić information content (AvgIpc) is 2.39. The van der Waals surface area contributed by atoms with Gasteiger partial charge in [0.15, 0.2) is 0 Å². The zero-order valence-corrected chi connectivity index (χ0v) is 11.1. The van der Waals surface area contributed by atoms with Gasteiger partial charge in [-0.15, -0.1) is 0 Å². The molecule has 18 heavy (non-hydrogen) atoms. The van der Waals surface area contributed by atoms with E-state index in [0.717, 1.165) is 5.56 Å². The SMILES string of the molecule is O=C(Nc1ccccc1CBr)c1ccccc1F. The Kier molecular flexibility index (Phi) is 4.10. The fraction of sp³-hybridized carbons (Fsp3) is 0.0714. The maximum absolute atomic E-state index is 13.5. The molecule has 0 spiro atoms. The Morgan fingerprint density at radius 2 is 1.78 bits per heavy atom. The molecule has 2 rings (SSSR count). The lowest BCUT2D eigenvalue weighted by Gasteiger charge is -2.09. The van der Waals surface area contributed by atoms with E-state index in [4.69, 9.17) is 0 Å². The van der Waals surface area contributed by atoms with E-state index in [1.54, 1.807) is 18.2 Å². The van der Waals surface area contributed by atoms with Gasteiger partial charge in [0, 0.05) is 11.0 Å². The number of hydrogen-bond acceptors (Lipinski definition) is 1. The lowest BCUT2D eigenvalue weighted by atomic mass is 10.1. The van der Waals surface area contributed by atoms with Crippen LogP contribution >= 0.6 is 15.9 Å². The summed E-state index contributed by atoms with van der Waals surface area (Å²) in [7, 11) is 0. The summed E-state index contributed by atoms with van der Waals surface area (Å²) >= 11 is 3.34. The topological polar surface area (TPSA) is 29.1 Å². The zero-order valence-electron chi connectivity index (χ0n) is 9.49. The molecule has 4 heteroatoms. The first-order valence-corrected chi connectivity index (χ1v) is 6.54. The number of benzene rings is 2. The van der Waals surface area contributed by atoms with E-state index in [0.29, 0.717) is 11.0 Å². The monoisotopic (exact) mass is 307 g/mol. The molecule has 2 aromatic rings. The summed E-state index contributed by atoms with van der Waals surface area (Å²) < 4.78 is 13.5. The molecule has 0 saturated carbocycles. The Labute approximate surface area is 113 Å². The zero-order chi connectivity index (χ0) is 13.0. The highest BCUT2D eigenvalue weighted by molar-refractivity contribution is 9.08. The highest BCUT2D eigenvalue weighted by atomic mass is 79.9. The van der Waals surface area contributed by atoms with Crippen molar-refractivity contribution in [3.63, 3.8) is 0 Å². The molecule has 1 N–H and O–H groups in total. The first kappa shape index (κ1) is 12.8. The fourth-order valence-electron chi connectivity index (χ4n) is 1.59. The number of halogens is 2. The molecule has 2 aromatic carbocycles. The van der Waals surface area contributed by atoms with Gasteiger partial charge in [-0.2, -0.15) is 0 Å². The van der Waals surface area contributed by atoms with Crippen molar-refractivity contribution in [1.82, 2.24) is 0 Å². The Bertz CT molecular complexity index is 571. The Morgan fingerprint density at radius 1 is 1.11 bits per heavy atom. The molecule has 0 unspecified atom stereocenters. The van der Waals surface area contributed by atoms with Gasteiger partial charge in [0.25, 0.3) is 5.91 Å². The van der Waals surface area contributed by atoms with Gasteiger partial charge in [0.1, 0.15) is 5.82 Å². The highest BCUT2D eigenvalue weighted by Crippen LogP contribution is 2.19. The van der Waals surface area contributed by atoms with Gasteiger partial charge in [-0.05, 0) is 23.8 Å². The minimum Gasteiger partial charge on any atom is -0.322 e. The van der Waals surface area contributed by atoms with E-state index in [2.05, 4.69) is 21.2 Å². The smallest absolute Gasteiger partial charge is 0.258 e. The van der Waals surface area contributed by atoms with Crippen molar-refractivity contribution in [2.45, 2.75) is 5.33 Å². The van der Waals surface area contributed by atoms with E-state index in [9.17, 15) is 9.18 Å². The van der Waals surface area contributed by atoms with Crippen LogP contribution in [0.1, 0.15) is 15.9 Å². The van der Waals surface area contributed by atoms with Crippen LogP contribution in [-0.2, 0) is 5.33 Å². The van der Waals surface area contributed by atoms with E-state index >= 15 is 0 Å². The maximum Gasteiger partial charge on any atom is 0.258 e. The molecule has 0 aliphatic heterocycles. The lowest BCUT2D eigenvalue weighted by Crippen LogP contribution is -2.14. The van der Waals surface area contributed by atoms with Crippen molar-refractivity contribution in [3.05, 3.63) is 65.5 Å². The molecule has 0 fully saturated rings. The molecule has 0 radical (unpaired) electrons. The van der Waals surface area contributed by atoms with Gasteiger partial charge in [0.05, 0.1) is 5.56 Å². The van der Waals surface area contributed by atoms with E-state index in [1.807, 2.05) is 18.2 Å². The minimum atomic E-state index is -0.522. The maximum atomic E-state index is 13.5. The lowest BCUT2D eigenvalue weighted by molar-refractivity contribution is 0.102. The van der Waals surface area contributed by atoms with E-state index in [1.165, 1.54) is 12.1 Å². The second kappa shape index (κ2) is 5.78. The number of amides is 1. The molecule has 0 atom stereocenters. The van der Waals surface area contributed by atoms with Crippen LogP contribution in [0, 0.1) is 5.82 Å². The highest BCUT2D eigenvalue weighted by Gasteiger charge is 2.12. The van der Waals surface area contributed by atoms with Crippen molar-refractivity contribution < 1.29 is 9.18 Å². The van der Waals surface area contributed by atoms with Crippen molar-refractivity contribution in [2.75, 3.05) is 5.32 Å². The van der Waals surface area contributed by atoms with Gasteiger partial charge >= 0.3 is 0 Å². The molecule has 0 aliphatic rings. The normalized spacial score (nSPS) is 10.1. The van der Waals surface area contributed by atoms with Crippen molar-refractivity contribution in [2.24, 2.45) is 0 Å². The van der Waals surface area contributed by atoms with Crippen LogP contribution in [0.25, 0.3) is 0 Å². The van der Waals surface area contributed by atoms with Crippen LogP contribution in [-0.4, -0.2) is 5.91 Å². The third kappa shape index (κ3) is 2.76. The molecule has 0 aliphatic carbocycles. The number of nitrogens with one attached hydrogen (secondary N) is 1. The van der Waals surface area contributed by atoms with E-state index in [-0.39, 0.29) is 5.56 Å². The molecule has 2 nitrogen and oxygen atoms in total. The summed E-state index contributed by atoms with van der Waals surface area (Å²) in [6.07, 6.45) is 0. The third-order valence-corrected chi connectivity index (χ3v) is 3.13. The summed E-state index contributed by atoms with van der Waals surface area (Å²) in [6.45, 7) is 0. The van der Waals surface area contributed by atoms with Gasteiger partial charge in [-0.1, -0.05) is 46.3 Å². The number of carbonyl (C=O) groups is 1. The molecule has 0 heterocycles.